The van der Waals surface area contributed by atoms with Crippen LogP contribution >= 0.6 is 11.3 Å². The number of aryl methyl sites for hydroxylation is 1. The van der Waals surface area contributed by atoms with Gasteiger partial charge in [0.25, 0.3) is 5.91 Å². The first-order chi connectivity index (χ1) is 9.54. The van der Waals surface area contributed by atoms with E-state index in [1.165, 1.54) is 11.3 Å². The molecule has 0 aliphatic carbocycles. The number of aromatic nitrogens is 1. The quantitative estimate of drug-likeness (QED) is 0.941. The molecule has 0 saturated carbocycles. The molecule has 1 N–H and O–H groups in total. The Morgan fingerprint density at radius 3 is 2.65 bits per heavy atom. The molecule has 2 rings (SSSR count). The molecule has 0 saturated heterocycles. The number of nitrogens with zero attached hydrogens (tertiary/aromatic N) is 2. The molecule has 1 atom stereocenters. The molecule has 0 bridgehead atoms. The van der Waals surface area contributed by atoms with Gasteiger partial charge in [-0.05, 0) is 13.8 Å². The molecule has 0 aliphatic rings. The number of amides is 1. The van der Waals surface area contributed by atoms with Gasteiger partial charge in [0.05, 0.1) is 18.3 Å². The molecule has 1 heterocycles. The average Bonchev–Trinajstić information content (AvgIpc) is 2.87. The van der Waals surface area contributed by atoms with Crippen LogP contribution in [0.3, 0.4) is 0 Å². The summed E-state index contributed by atoms with van der Waals surface area (Å²) in [7, 11) is 1.70. The number of aliphatic hydroxyl groups is 1. The molecular weight excluding hydrogens is 272 g/mol. The lowest BCUT2D eigenvalue weighted by Crippen LogP contribution is -2.37. The summed E-state index contributed by atoms with van der Waals surface area (Å²) in [6.07, 6.45) is 0. The van der Waals surface area contributed by atoms with Crippen LogP contribution in [0.15, 0.2) is 30.3 Å². The molecule has 1 amide bonds. The molecule has 106 valence electrons. The topological polar surface area (TPSA) is 53.4 Å². The van der Waals surface area contributed by atoms with Gasteiger partial charge in [-0.3, -0.25) is 4.79 Å². The molecule has 4 nitrogen and oxygen atoms in total. The summed E-state index contributed by atoms with van der Waals surface area (Å²) in [4.78, 5) is 19.1. The Morgan fingerprint density at radius 2 is 2.05 bits per heavy atom. The minimum atomic E-state index is -0.204. The summed E-state index contributed by atoms with van der Waals surface area (Å²) in [5.74, 6) is -0.0938. The van der Waals surface area contributed by atoms with E-state index in [0.29, 0.717) is 4.88 Å². The van der Waals surface area contributed by atoms with Gasteiger partial charge in [0, 0.05) is 12.6 Å². The highest BCUT2D eigenvalue weighted by Gasteiger charge is 2.22. The fourth-order valence-corrected chi connectivity index (χ4v) is 2.84. The van der Waals surface area contributed by atoms with Crippen LogP contribution in [-0.4, -0.2) is 40.6 Å². The van der Waals surface area contributed by atoms with Gasteiger partial charge in [0.1, 0.15) is 9.88 Å². The monoisotopic (exact) mass is 290 g/mol. The number of carbonyl (C=O) groups is 1. The lowest BCUT2D eigenvalue weighted by atomic mass is 10.2. The second-order valence-corrected chi connectivity index (χ2v) is 5.75. The zero-order chi connectivity index (χ0) is 14.7. The number of hydrogen-bond donors (Lipinski definition) is 1. The number of rotatable bonds is 4. The predicted molar refractivity (Wildman–Crippen MR) is 80.9 cm³/mol. The van der Waals surface area contributed by atoms with E-state index < -0.39 is 0 Å². The first-order valence-corrected chi connectivity index (χ1v) is 7.27. The normalized spacial score (nSPS) is 12.2. The Kier molecular flexibility index (Phi) is 4.52. The zero-order valence-electron chi connectivity index (χ0n) is 11.8. The van der Waals surface area contributed by atoms with Gasteiger partial charge in [0.15, 0.2) is 0 Å². The van der Waals surface area contributed by atoms with E-state index in [0.717, 1.165) is 16.3 Å². The van der Waals surface area contributed by atoms with Crippen molar-refractivity contribution in [3.8, 4) is 10.6 Å². The molecule has 1 unspecified atom stereocenters. The number of thiazole rings is 1. The fourth-order valence-electron chi connectivity index (χ4n) is 1.78. The molecule has 0 radical (unpaired) electrons. The molecular formula is C15H18N2O2S. The third kappa shape index (κ3) is 2.89. The van der Waals surface area contributed by atoms with Crippen LogP contribution in [-0.2, 0) is 0 Å². The van der Waals surface area contributed by atoms with Gasteiger partial charge in [0.2, 0.25) is 0 Å². The van der Waals surface area contributed by atoms with Crippen molar-refractivity contribution in [3.05, 3.63) is 40.9 Å². The van der Waals surface area contributed by atoms with Gasteiger partial charge in [-0.15, -0.1) is 11.3 Å². The molecule has 2 aromatic rings. The van der Waals surface area contributed by atoms with E-state index in [9.17, 15) is 4.79 Å². The minimum Gasteiger partial charge on any atom is -0.394 e. The maximum Gasteiger partial charge on any atom is 0.265 e. The van der Waals surface area contributed by atoms with E-state index >= 15 is 0 Å². The maximum atomic E-state index is 12.4. The molecule has 20 heavy (non-hydrogen) atoms. The van der Waals surface area contributed by atoms with Crippen LogP contribution in [0, 0.1) is 6.92 Å². The van der Waals surface area contributed by atoms with Crippen LogP contribution in [0.1, 0.15) is 22.3 Å². The highest BCUT2D eigenvalue weighted by atomic mass is 32.1. The lowest BCUT2D eigenvalue weighted by Gasteiger charge is -2.22. The number of benzene rings is 1. The Morgan fingerprint density at radius 1 is 1.40 bits per heavy atom. The van der Waals surface area contributed by atoms with Crippen LogP contribution in [0.5, 0.6) is 0 Å². The van der Waals surface area contributed by atoms with Crippen LogP contribution in [0.4, 0.5) is 0 Å². The SMILES string of the molecule is Cc1nc(-c2ccccc2)sc1C(=O)N(C)C(C)CO. The fraction of sp³-hybridized carbons (Fsp3) is 0.333. The van der Waals surface area contributed by atoms with Crippen LogP contribution < -0.4 is 0 Å². The number of likely N-dealkylation sites (N-methyl/N-ethyl adjacent to an activating group) is 1. The van der Waals surface area contributed by atoms with E-state index in [4.69, 9.17) is 5.11 Å². The third-order valence-electron chi connectivity index (χ3n) is 3.26. The summed E-state index contributed by atoms with van der Waals surface area (Å²) in [5, 5.41) is 9.99. The molecule has 0 fully saturated rings. The van der Waals surface area contributed by atoms with Crippen molar-refractivity contribution in [3.63, 3.8) is 0 Å². The number of aliphatic hydroxyl groups excluding tert-OH is 1. The highest BCUT2D eigenvalue weighted by molar-refractivity contribution is 7.17. The Balaban J connectivity index is 2.31. The van der Waals surface area contributed by atoms with E-state index in [1.54, 1.807) is 11.9 Å². The summed E-state index contributed by atoms with van der Waals surface area (Å²) in [6, 6.07) is 9.61. The van der Waals surface area contributed by atoms with Crippen molar-refractivity contribution in [1.29, 1.82) is 0 Å². The third-order valence-corrected chi connectivity index (χ3v) is 4.45. The zero-order valence-corrected chi connectivity index (χ0v) is 12.6. The second kappa shape index (κ2) is 6.15. The first kappa shape index (κ1) is 14.7. The number of carbonyl (C=O) groups excluding carboxylic acids is 1. The molecule has 0 spiro atoms. The molecule has 0 aliphatic heterocycles. The van der Waals surface area contributed by atoms with Gasteiger partial charge < -0.3 is 10.0 Å². The summed E-state index contributed by atoms with van der Waals surface area (Å²) >= 11 is 1.39. The molecule has 1 aromatic heterocycles. The average molecular weight is 290 g/mol. The smallest absolute Gasteiger partial charge is 0.265 e. The summed E-state index contributed by atoms with van der Waals surface area (Å²) in [5.41, 5.74) is 1.74. The van der Waals surface area contributed by atoms with Gasteiger partial charge in [-0.25, -0.2) is 4.98 Å². The van der Waals surface area contributed by atoms with Crippen molar-refractivity contribution in [2.45, 2.75) is 19.9 Å². The highest BCUT2D eigenvalue weighted by Crippen LogP contribution is 2.28. The van der Waals surface area contributed by atoms with E-state index in [-0.39, 0.29) is 18.6 Å². The van der Waals surface area contributed by atoms with Gasteiger partial charge >= 0.3 is 0 Å². The number of hydrogen-bond acceptors (Lipinski definition) is 4. The van der Waals surface area contributed by atoms with Crippen molar-refractivity contribution in [1.82, 2.24) is 9.88 Å². The maximum absolute atomic E-state index is 12.4. The van der Waals surface area contributed by atoms with Crippen molar-refractivity contribution in [2.75, 3.05) is 13.7 Å². The van der Waals surface area contributed by atoms with Crippen LogP contribution in [0.25, 0.3) is 10.6 Å². The Labute approximate surface area is 122 Å². The Bertz CT molecular complexity index is 595. The van der Waals surface area contributed by atoms with Gasteiger partial charge in [-0.1, -0.05) is 30.3 Å². The first-order valence-electron chi connectivity index (χ1n) is 6.45. The summed E-state index contributed by atoms with van der Waals surface area (Å²) < 4.78 is 0. The lowest BCUT2D eigenvalue weighted by molar-refractivity contribution is 0.0686. The standard InChI is InChI=1S/C15H18N2O2S/c1-10(9-18)17(3)15(19)13-11(2)16-14(20-13)12-7-5-4-6-8-12/h4-8,10,18H,9H2,1-3H3. The van der Waals surface area contributed by atoms with Crippen LogP contribution in [0.2, 0.25) is 0 Å². The van der Waals surface area contributed by atoms with Crippen molar-refractivity contribution >= 4 is 17.2 Å². The summed E-state index contributed by atoms with van der Waals surface area (Å²) in [6.45, 7) is 3.60. The largest absolute Gasteiger partial charge is 0.394 e. The van der Waals surface area contributed by atoms with Crippen molar-refractivity contribution in [2.24, 2.45) is 0 Å². The second-order valence-electron chi connectivity index (χ2n) is 4.75. The van der Waals surface area contributed by atoms with E-state index in [1.807, 2.05) is 44.2 Å². The minimum absolute atomic E-state index is 0.0500. The van der Waals surface area contributed by atoms with E-state index in [2.05, 4.69) is 4.98 Å². The molecule has 5 heteroatoms. The predicted octanol–water partition coefficient (Wildman–Crippen LogP) is 2.57. The molecule has 1 aromatic carbocycles. The van der Waals surface area contributed by atoms with Gasteiger partial charge in [-0.2, -0.15) is 0 Å². The van der Waals surface area contributed by atoms with Crippen molar-refractivity contribution < 1.29 is 9.90 Å². The Hall–Kier alpha value is -1.72.